The fourth-order valence-electron chi connectivity index (χ4n) is 3.23. The van der Waals surface area contributed by atoms with Crippen molar-refractivity contribution in [1.82, 2.24) is 4.98 Å². The first kappa shape index (κ1) is 18.0. The van der Waals surface area contributed by atoms with Gasteiger partial charge in [-0.25, -0.2) is 0 Å². The Kier molecular flexibility index (Phi) is 5.15. The molecule has 3 nitrogen and oxygen atoms in total. The first-order valence-electron chi connectivity index (χ1n) is 8.97. The second kappa shape index (κ2) is 7.71. The van der Waals surface area contributed by atoms with Crippen molar-refractivity contribution in [3.63, 3.8) is 0 Å². The highest BCUT2D eigenvalue weighted by molar-refractivity contribution is 6.31. The molecule has 0 bridgehead atoms. The first-order chi connectivity index (χ1) is 13.1. The molecule has 0 radical (unpaired) electrons. The number of nitrogens with zero attached hydrogens (tertiary/aromatic N) is 3. The number of rotatable bonds is 4. The Hall–Kier alpha value is -2.36. The summed E-state index contributed by atoms with van der Waals surface area (Å²) in [6, 6.07) is 19.9. The van der Waals surface area contributed by atoms with Crippen molar-refractivity contribution < 1.29 is 0 Å². The number of aryl methyl sites for hydroxylation is 1. The van der Waals surface area contributed by atoms with Gasteiger partial charge in [-0.1, -0.05) is 48.3 Å². The third-order valence-corrected chi connectivity index (χ3v) is 5.28. The second-order valence-corrected chi connectivity index (χ2v) is 7.41. The molecule has 5 heteroatoms. The lowest BCUT2D eigenvalue weighted by molar-refractivity contribution is 0.685. The van der Waals surface area contributed by atoms with Crippen LogP contribution in [0.5, 0.6) is 0 Å². The van der Waals surface area contributed by atoms with Crippen LogP contribution in [0, 0.1) is 0 Å². The summed E-state index contributed by atoms with van der Waals surface area (Å²) in [5.41, 5.74) is 5.33. The van der Waals surface area contributed by atoms with Gasteiger partial charge in [0, 0.05) is 22.7 Å². The van der Waals surface area contributed by atoms with Crippen molar-refractivity contribution in [3.8, 4) is 0 Å². The van der Waals surface area contributed by atoms with Gasteiger partial charge < -0.3 is 0 Å². The van der Waals surface area contributed by atoms with Gasteiger partial charge in [0.2, 0.25) is 0 Å². The van der Waals surface area contributed by atoms with Gasteiger partial charge in [0.05, 0.1) is 17.1 Å². The van der Waals surface area contributed by atoms with E-state index in [0.717, 1.165) is 40.5 Å². The molecule has 0 aliphatic carbocycles. The molecule has 0 fully saturated rings. The van der Waals surface area contributed by atoms with E-state index in [-0.39, 0.29) is 6.04 Å². The Morgan fingerprint density at radius 2 is 1.59 bits per heavy atom. The van der Waals surface area contributed by atoms with Gasteiger partial charge in [-0.2, -0.15) is 5.10 Å². The molecule has 1 aromatic heterocycles. The third-order valence-electron chi connectivity index (χ3n) is 4.78. The number of benzene rings is 2. The summed E-state index contributed by atoms with van der Waals surface area (Å²) in [6.07, 6.45) is 3.71. The van der Waals surface area contributed by atoms with E-state index >= 15 is 0 Å². The van der Waals surface area contributed by atoms with Crippen molar-refractivity contribution in [3.05, 3.63) is 93.7 Å². The van der Waals surface area contributed by atoms with Crippen LogP contribution in [0.4, 0.5) is 5.69 Å². The summed E-state index contributed by atoms with van der Waals surface area (Å²) >= 11 is 12.1. The fraction of sp³-hybridized carbons (Fsp3) is 0.182. The zero-order valence-electron chi connectivity index (χ0n) is 14.9. The summed E-state index contributed by atoms with van der Waals surface area (Å²) in [5, 5.41) is 8.38. The number of pyridine rings is 1. The van der Waals surface area contributed by atoms with E-state index in [4.69, 9.17) is 33.3 Å². The predicted molar refractivity (Wildman–Crippen MR) is 113 cm³/mol. The lowest BCUT2D eigenvalue weighted by atomic mass is 10.0. The second-order valence-electron chi connectivity index (χ2n) is 6.54. The number of hydrazone groups is 1. The summed E-state index contributed by atoms with van der Waals surface area (Å²) in [5.74, 6) is 0. The van der Waals surface area contributed by atoms with Crippen LogP contribution >= 0.6 is 23.2 Å². The molecular weight excluding hydrogens is 377 g/mol. The molecule has 4 rings (SSSR count). The largest absolute Gasteiger partial charge is 0.259 e. The number of halogens is 2. The third kappa shape index (κ3) is 3.85. The van der Waals surface area contributed by atoms with Crippen LogP contribution < -0.4 is 5.01 Å². The number of aromatic nitrogens is 1. The van der Waals surface area contributed by atoms with Crippen molar-refractivity contribution >= 4 is 34.6 Å². The molecule has 0 saturated heterocycles. The van der Waals surface area contributed by atoms with Crippen LogP contribution in [-0.2, 0) is 6.42 Å². The highest BCUT2D eigenvalue weighted by Crippen LogP contribution is 2.36. The maximum atomic E-state index is 6.07. The van der Waals surface area contributed by atoms with Crippen LogP contribution in [-0.4, -0.2) is 10.7 Å². The number of anilines is 1. The normalized spacial score (nSPS) is 16.5. The summed E-state index contributed by atoms with van der Waals surface area (Å²) in [6.45, 7) is 2.13. The molecule has 1 unspecified atom stereocenters. The van der Waals surface area contributed by atoms with Gasteiger partial charge in [0.25, 0.3) is 0 Å². The molecule has 2 heterocycles. The highest BCUT2D eigenvalue weighted by Gasteiger charge is 2.30. The average molecular weight is 396 g/mol. The lowest BCUT2D eigenvalue weighted by Gasteiger charge is -2.23. The summed E-state index contributed by atoms with van der Waals surface area (Å²) < 4.78 is 0. The Morgan fingerprint density at radius 1 is 0.926 bits per heavy atom. The van der Waals surface area contributed by atoms with E-state index in [1.807, 2.05) is 59.7 Å². The van der Waals surface area contributed by atoms with Crippen LogP contribution in [0.1, 0.15) is 36.2 Å². The van der Waals surface area contributed by atoms with Gasteiger partial charge in [-0.15, -0.1) is 0 Å². The van der Waals surface area contributed by atoms with E-state index in [1.54, 1.807) is 0 Å². The van der Waals surface area contributed by atoms with Crippen LogP contribution in [0.2, 0.25) is 10.0 Å². The van der Waals surface area contributed by atoms with Crippen molar-refractivity contribution in [2.24, 2.45) is 5.10 Å². The zero-order chi connectivity index (χ0) is 18.8. The van der Waals surface area contributed by atoms with Gasteiger partial charge in [0.1, 0.15) is 6.04 Å². The molecule has 3 aromatic rings. The van der Waals surface area contributed by atoms with Gasteiger partial charge in [0.15, 0.2) is 0 Å². The molecule has 1 aliphatic rings. The minimum absolute atomic E-state index is 0.0442. The average Bonchev–Trinajstić information content (AvgIpc) is 3.14. The molecule has 136 valence electrons. The first-order valence-corrected chi connectivity index (χ1v) is 9.72. The zero-order valence-corrected chi connectivity index (χ0v) is 16.5. The van der Waals surface area contributed by atoms with Crippen LogP contribution in [0.25, 0.3) is 0 Å². The standard InChI is InChI=1S/C22H19Cl2N3/c1-2-15-3-12-20(25-14-15)22-13-21(16-4-6-17(23)7-5-16)26-27(22)19-10-8-18(24)9-11-19/h3-12,14,22H,2,13H2,1H3. The molecule has 1 aliphatic heterocycles. The molecule has 0 N–H and O–H groups in total. The summed E-state index contributed by atoms with van der Waals surface area (Å²) in [4.78, 5) is 4.70. The quantitative estimate of drug-likeness (QED) is 0.517. The Balaban J connectivity index is 1.72. The van der Waals surface area contributed by atoms with Gasteiger partial charge >= 0.3 is 0 Å². The molecule has 2 aromatic carbocycles. The van der Waals surface area contributed by atoms with Crippen molar-refractivity contribution in [2.75, 3.05) is 5.01 Å². The van der Waals surface area contributed by atoms with E-state index in [2.05, 4.69) is 19.1 Å². The monoisotopic (exact) mass is 395 g/mol. The molecular formula is C22H19Cl2N3. The fourth-order valence-corrected chi connectivity index (χ4v) is 3.48. The molecule has 1 atom stereocenters. The number of hydrogen-bond donors (Lipinski definition) is 0. The SMILES string of the molecule is CCc1ccc(C2CC(c3ccc(Cl)cc3)=NN2c2ccc(Cl)cc2)nc1. The maximum absolute atomic E-state index is 6.07. The summed E-state index contributed by atoms with van der Waals surface area (Å²) in [7, 11) is 0. The molecule has 0 amide bonds. The van der Waals surface area contributed by atoms with Crippen molar-refractivity contribution in [1.29, 1.82) is 0 Å². The minimum Gasteiger partial charge on any atom is -0.259 e. The Morgan fingerprint density at radius 3 is 2.19 bits per heavy atom. The minimum atomic E-state index is 0.0442. The van der Waals surface area contributed by atoms with E-state index in [9.17, 15) is 0 Å². The molecule has 27 heavy (non-hydrogen) atoms. The Labute approximate surface area is 169 Å². The van der Waals surface area contributed by atoms with Gasteiger partial charge in [-0.05, 0) is 60.0 Å². The highest BCUT2D eigenvalue weighted by atomic mass is 35.5. The van der Waals surface area contributed by atoms with Crippen molar-refractivity contribution in [2.45, 2.75) is 25.8 Å². The topological polar surface area (TPSA) is 28.5 Å². The maximum Gasteiger partial charge on any atom is 0.100 e. The predicted octanol–water partition coefficient (Wildman–Crippen LogP) is 6.31. The molecule has 0 saturated carbocycles. The number of hydrogen-bond acceptors (Lipinski definition) is 3. The van der Waals surface area contributed by atoms with E-state index < -0.39 is 0 Å². The van der Waals surface area contributed by atoms with E-state index in [1.165, 1.54) is 5.56 Å². The Bertz CT molecular complexity index is 948. The smallest absolute Gasteiger partial charge is 0.100 e. The van der Waals surface area contributed by atoms with Crippen LogP contribution in [0.15, 0.2) is 72.0 Å². The molecule has 0 spiro atoms. The lowest BCUT2D eigenvalue weighted by Crippen LogP contribution is -2.19. The van der Waals surface area contributed by atoms with E-state index in [0.29, 0.717) is 5.02 Å². The van der Waals surface area contributed by atoms with Gasteiger partial charge in [-0.3, -0.25) is 9.99 Å². The van der Waals surface area contributed by atoms with Crippen LogP contribution in [0.3, 0.4) is 0 Å².